The summed E-state index contributed by atoms with van der Waals surface area (Å²) >= 11 is 4.92. The summed E-state index contributed by atoms with van der Waals surface area (Å²) in [5, 5.41) is 5.66. The Labute approximate surface area is 113 Å². The third-order valence-corrected chi connectivity index (χ3v) is 2.39. The zero-order chi connectivity index (χ0) is 13.4. The van der Waals surface area contributed by atoms with E-state index in [4.69, 9.17) is 12.2 Å². The molecule has 94 valence electrons. The second-order valence-electron chi connectivity index (χ2n) is 3.73. The number of nitrogens with one attached hydrogen (secondary N) is 2. The van der Waals surface area contributed by atoms with Crippen molar-refractivity contribution in [3.8, 4) is 0 Å². The molecule has 0 aliphatic heterocycles. The molecule has 0 radical (unpaired) electrons. The molecule has 0 spiro atoms. The van der Waals surface area contributed by atoms with E-state index in [-0.39, 0.29) is 5.91 Å². The van der Waals surface area contributed by atoms with Gasteiger partial charge in [-0.2, -0.15) is 0 Å². The molecule has 0 saturated heterocycles. The maximum Gasteiger partial charge on any atom is 0.250 e. The summed E-state index contributed by atoms with van der Waals surface area (Å²) in [4.78, 5) is 11.5. The Kier molecular flexibility index (Phi) is 5.80. The topological polar surface area (TPSA) is 41.1 Å². The second kappa shape index (κ2) is 7.40. The number of carbonyl (C=O) groups excluding carboxylic acids is 1. The molecule has 0 aliphatic rings. The largest absolute Gasteiger partial charge is 0.359 e. The molecule has 1 rings (SSSR count). The van der Waals surface area contributed by atoms with Gasteiger partial charge in [-0.1, -0.05) is 35.9 Å². The predicted molar refractivity (Wildman–Crippen MR) is 79.2 cm³/mol. The maximum atomic E-state index is 11.5. The van der Waals surface area contributed by atoms with Crippen LogP contribution in [0.25, 0.3) is 6.08 Å². The van der Waals surface area contributed by atoms with Crippen molar-refractivity contribution >= 4 is 29.3 Å². The summed E-state index contributed by atoms with van der Waals surface area (Å²) in [5.74, 6) is -0.253. The lowest BCUT2D eigenvalue weighted by Gasteiger charge is -2.04. The second-order valence-corrected chi connectivity index (χ2v) is 4.14. The molecule has 1 amide bonds. The molecule has 0 atom stereocenters. The number of benzene rings is 1. The van der Waals surface area contributed by atoms with Crippen molar-refractivity contribution in [3.63, 3.8) is 0 Å². The van der Waals surface area contributed by atoms with E-state index in [2.05, 4.69) is 17.2 Å². The Morgan fingerprint density at radius 3 is 2.67 bits per heavy atom. The van der Waals surface area contributed by atoms with Crippen molar-refractivity contribution in [2.24, 2.45) is 0 Å². The fraction of sp³-hybridized carbons (Fsp3) is 0.143. The molecule has 0 unspecified atom stereocenters. The quantitative estimate of drug-likeness (QED) is 0.495. The molecule has 1 aromatic rings. The molecule has 0 saturated carbocycles. The van der Waals surface area contributed by atoms with Crippen molar-refractivity contribution in [3.05, 3.63) is 54.1 Å². The van der Waals surface area contributed by atoms with E-state index in [9.17, 15) is 4.79 Å². The molecule has 0 bridgehead atoms. The molecule has 2 N–H and O–H groups in total. The molecule has 0 aromatic heterocycles. The van der Waals surface area contributed by atoms with Gasteiger partial charge in [-0.05, 0) is 30.8 Å². The normalized spacial score (nSPS) is 10.1. The van der Waals surface area contributed by atoms with E-state index in [0.29, 0.717) is 11.7 Å². The van der Waals surface area contributed by atoms with E-state index < -0.39 is 0 Å². The molecule has 18 heavy (non-hydrogen) atoms. The Morgan fingerprint density at radius 2 is 2.06 bits per heavy atom. The third kappa shape index (κ3) is 5.41. The number of amides is 1. The van der Waals surface area contributed by atoms with Gasteiger partial charge in [0.2, 0.25) is 5.91 Å². The van der Waals surface area contributed by atoms with Crippen LogP contribution in [0.2, 0.25) is 0 Å². The lowest BCUT2D eigenvalue weighted by molar-refractivity contribution is -0.115. The Bertz CT molecular complexity index is 463. The van der Waals surface area contributed by atoms with Gasteiger partial charge in [0, 0.05) is 12.6 Å². The van der Waals surface area contributed by atoms with Crippen LogP contribution in [0.5, 0.6) is 0 Å². The molecule has 0 aliphatic carbocycles. The zero-order valence-electron chi connectivity index (χ0n) is 10.3. The summed E-state index contributed by atoms with van der Waals surface area (Å²) in [6, 6.07) is 7.89. The molecule has 0 heterocycles. The van der Waals surface area contributed by atoms with Gasteiger partial charge in [0.15, 0.2) is 5.11 Å². The fourth-order valence-corrected chi connectivity index (χ4v) is 1.40. The van der Waals surface area contributed by atoms with Gasteiger partial charge < -0.3 is 5.32 Å². The van der Waals surface area contributed by atoms with E-state index >= 15 is 0 Å². The van der Waals surface area contributed by atoms with Crippen LogP contribution in [0.15, 0.2) is 43.0 Å². The fourth-order valence-electron chi connectivity index (χ4n) is 1.21. The van der Waals surface area contributed by atoms with Crippen molar-refractivity contribution < 1.29 is 4.79 Å². The van der Waals surface area contributed by atoms with Gasteiger partial charge in [-0.25, -0.2) is 0 Å². The minimum Gasteiger partial charge on any atom is -0.359 e. The molecule has 3 nitrogen and oxygen atoms in total. The number of hydrogen-bond donors (Lipinski definition) is 2. The van der Waals surface area contributed by atoms with Crippen LogP contribution in [-0.2, 0) is 4.79 Å². The van der Waals surface area contributed by atoms with E-state index in [1.165, 1.54) is 11.6 Å². The summed E-state index contributed by atoms with van der Waals surface area (Å²) in [7, 11) is 0. The van der Waals surface area contributed by atoms with Crippen LogP contribution >= 0.6 is 12.2 Å². The highest BCUT2D eigenvalue weighted by Gasteiger charge is 1.98. The maximum absolute atomic E-state index is 11.5. The van der Waals surface area contributed by atoms with E-state index in [0.717, 1.165) is 5.56 Å². The summed E-state index contributed by atoms with van der Waals surface area (Å²) in [6.07, 6.45) is 4.86. The van der Waals surface area contributed by atoms with Gasteiger partial charge in [0.05, 0.1) is 0 Å². The summed E-state index contributed by atoms with van der Waals surface area (Å²) in [6.45, 7) is 6.09. The number of carbonyl (C=O) groups is 1. The first-order chi connectivity index (χ1) is 8.61. The molecule has 0 fully saturated rings. The average molecular weight is 260 g/mol. The first-order valence-corrected chi connectivity index (χ1v) is 5.97. The number of thiocarbonyl (C=S) groups is 1. The molecular weight excluding hydrogens is 244 g/mol. The Morgan fingerprint density at radius 1 is 1.39 bits per heavy atom. The molecule has 1 aromatic carbocycles. The first-order valence-electron chi connectivity index (χ1n) is 5.56. The van der Waals surface area contributed by atoms with Crippen molar-refractivity contribution in [1.29, 1.82) is 0 Å². The highest BCUT2D eigenvalue weighted by molar-refractivity contribution is 7.80. The highest BCUT2D eigenvalue weighted by Crippen LogP contribution is 2.04. The van der Waals surface area contributed by atoms with Crippen LogP contribution in [-0.4, -0.2) is 17.6 Å². The van der Waals surface area contributed by atoms with Crippen molar-refractivity contribution in [1.82, 2.24) is 10.6 Å². The SMILES string of the molecule is C=CCNC(=S)NC(=O)C=Cc1ccc(C)cc1. The van der Waals surface area contributed by atoms with Crippen LogP contribution < -0.4 is 10.6 Å². The highest BCUT2D eigenvalue weighted by atomic mass is 32.1. The van der Waals surface area contributed by atoms with E-state index in [1.54, 1.807) is 12.2 Å². The van der Waals surface area contributed by atoms with Gasteiger partial charge in [0.1, 0.15) is 0 Å². The van der Waals surface area contributed by atoms with Gasteiger partial charge >= 0.3 is 0 Å². The van der Waals surface area contributed by atoms with Gasteiger partial charge in [0.25, 0.3) is 0 Å². The number of aryl methyl sites for hydroxylation is 1. The summed E-state index contributed by atoms with van der Waals surface area (Å²) < 4.78 is 0. The smallest absolute Gasteiger partial charge is 0.250 e. The average Bonchev–Trinajstić information content (AvgIpc) is 2.35. The monoisotopic (exact) mass is 260 g/mol. The minimum absolute atomic E-state index is 0.253. The minimum atomic E-state index is -0.253. The lowest BCUT2D eigenvalue weighted by Crippen LogP contribution is -2.38. The number of rotatable bonds is 4. The zero-order valence-corrected chi connectivity index (χ0v) is 11.1. The number of hydrogen-bond acceptors (Lipinski definition) is 2. The van der Waals surface area contributed by atoms with Gasteiger partial charge in [-0.15, -0.1) is 6.58 Å². The lowest BCUT2D eigenvalue weighted by atomic mass is 10.1. The predicted octanol–water partition coefficient (Wildman–Crippen LogP) is 2.18. The third-order valence-electron chi connectivity index (χ3n) is 2.15. The first kappa shape index (κ1) is 14.1. The van der Waals surface area contributed by atoms with Crippen LogP contribution in [0.3, 0.4) is 0 Å². The van der Waals surface area contributed by atoms with Crippen LogP contribution in [0, 0.1) is 6.92 Å². The van der Waals surface area contributed by atoms with Crippen LogP contribution in [0.1, 0.15) is 11.1 Å². The van der Waals surface area contributed by atoms with Crippen molar-refractivity contribution in [2.75, 3.05) is 6.54 Å². The van der Waals surface area contributed by atoms with Gasteiger partial charge in [-0.3, -0.25) is 10.1 Å². The van der Waals surface area contributed by atoms with Crippen LogP contribution in [0.4, 0.5) is 0 Å². The van der Waals surface area contributed by atoms with E-state index in [1.807, 2.05) is 31.2 Å². The van der Waals surface area contributed by atoms with Crippen molar-refractivity contribution in [2.45, 2.75) is 6.92 Å². The Balaban J connectivity index is 2.46. The Hall–Kier alpha value is -1.94. The standard InChI is InChI=1S/C14H16N2OS/c1-3-10-15-14(18)16-13(17)9-8-12-6-4-11(2)5-7-12/h3-9H,1,10H2,2H3,(H2,15,16,17,18). The molecular formula is C14H16N2OS. The summed E-state index contributed by atoms with van der Waals surface area (Å²) in [5.41, 5.74) is 2.16. The molecule has 4 heteroatoms.